The van der Waals surface area contributed by atoms with Crippen molar-refractivity contribution in [1.82, 2.24) is 4.90 Å². The van der Waals surface area contributed by atoms with E-state index >= 15 is 0 Å². The fourth-order valence-electron chi connectivity index (χ4n) is 4.95. The van der Waals surface area contributed by atoms with Gasteiger partial charge in [-0.05, 0) is 56.4 Å². The first-order valence-electron chi connectivity index (χ1n) is 12.4. The number of carbonyl (C=O) groups excluding carboxylic acids is 1. The van der Waals surface area contributed by atoms with Gasteiger partial charge in [-0.25, -0.2) is 0 Å². The molecule has 2 aliphatic rings. The van der Waals surface area contributed by atoms with Gasteiger partial charge in [0.05, 0.1) is 11.0 Å². The zero-order valence-corrected chi connectivity index (χ0v) is 20.7. The van der Waals surface area contributed by atoms with Gasteiger partial charge in [-0.2, -0.15) is 13.2 Å². The molecule has 2 aromatic rings. The Kier molecular flexibility index (Phi) is 8.21. The lowest BCUT2D eigenvalue weighted by atomic mass is 9.92. The molecule has 11 heteroatoms. The van der Waals surface area contributed by atoms with Crippen molar-refractivity contribution >= 4 is 23.0 Å². The summed E-state index contributed by atoms with van der Waals surface area (Å²) in [7, 11) is 0. The Hall–Kier alpha value is -3.34. The largest absolute Gasteiger partial charge is 0.423 e. The molecule has 8 nitrogen and oxygen atoms in total. The minimum absolute atomic E-state index is 0.0184. The highest BCUT2D eigenvalue weighted by Crippen LogP contribution is 2.39. The number of para-hydroxylation sites is 1. The number of carbonyl (C=O) groups is 1. The molecular formula is C26H31F3N4O4. The van der Waals surface area contributed by atoms with Gasteiger partial charge < -0.3 is 19.9 Å². The van der Waals surface area contributed by atoms with Crippen LogP contribution in [0.25, 0.3) is 0 Å². The summed E-state index contributed by atoms with van der Waals surface area (Å²) in [6.07, 6.45) is -2.25. The molecule has 1 heterocycles. The van der Waals surface area contributed by atoms with Gasteiger partial charge in [0.2, 0.25) is 5.91 Å². The first kappa shape index (κ1) is 26.7. The SMILES string of the molecule is Cc1cc([N+](=O)[O-])c(C(F)(F)F)cc1N[C@H]1CC[C@H](OCC(=O)N2CCN(c3ccccc3)CC2)CC1. The predicted molar refractivity (Wildman–Crippen MR) is 134 cm³/mol. The van der Waals surface area contributed by atoms with Crippen molar-refractivity contribution in [3.63, 3.8) is 0 Å². The van der Waals surface area contributed by atoms with Gasteiger partial charge in [0.1, 0.15) is 12.2 Å². The maximum Gasteiger partial charge on any atom is 0.423 e. The molecule has 1 saturated carbocycles. The van der Waals surface area contributed by atoms with Crippen LogP contribution in [-0.4, -0.2) is 60.7 Å². The number of halogens is 3. The van der Waals surface area contributed by atoms with E-state index in [0.717, 1.165) is 30.9 Å². The second-order valence-corrected chi connectivity index (χ2v) is 9.57. The summed E-state index contributed by atoms with van der Waals surface area (Å²) in [6, 6.07) is 11.8. The Balaban J connectivity index is 1.23. The van der Waals surface area contributed by atoms with Crippen LogP contribution in [0.1, 0.15) is 36.8 Å². The number of aryl methyl sites for hydroxylation is 1. The molecule has 37 heavy (non-hydrogen) atoms. The monoisotopic (exact) mass is 520 g/mol. The minimum Gasteiger partial charge on any atom is -0.382 e. The van der Waals surface area contributed by atoms with Gasteiger partial charge >= 0.3 is 6.18 Å². The fourth-order valence-corrected chi connectivity index (χ4v) is 4.95. The lowest BCUT2D eigenvalue weighted by molar-refractivity contribution is -0.388. The number of nitro groups is 1. The first-order chi connectivity index (χ1) is 17.6. The van der Waals surface area contributed by atoms with Gasteiger partial charge in [-0.1, -0.05) is 18.2 Å². The molecule has 200 valence electrons. The van der Waals surface area contributed by atoms with E-state index in [1.165, 1.54) is 0 Å². The number of alkyl halides is 3. The van der Waals surface area contributed by atoms with Crippen molar-refractivity contribution in [3.8, 4) is 0 Å². The average Bonchev–Trinajstić information content (AvgIpc) is 2.89. The number of nitro benzene ring substituents is 1. The number of ether oxygens (including phenoxy) is 1. The molecule has 0 unspecified atom stereocenters. The number of rotatable bonds is 7. The Bertz CT molecular complexity index is 1100. The van der Waals surface area contributed by atoms with Crippen LogP contribution in [-0.2, 0) is 15.7 Å². The van der Waals surface area contributed by atoms with Gasteiger partial charge in [0.15, 0.2) is 0 Å². The quantitative estimate of drug-likeness (QED) is 0.408. The second kappa shape index (κ2) is 11.4. The first-order valence-corrected chi connectivity index (χ1v) is 12.4. The Morgan fingerprint density at radius 2 is 1.73 bits per heavy atom. The lowest BCUT2D eigenvalue weighted by Gasteiger charge is -2.36. The molecular weight excluding hydrogens is 489 g/mol. The average molecular weight is 521 g/mol. The highest BCUT2D eigenvalue weighted by Gasteiger charge is 2.39. The van der Waals surface area contributed by atoms with Crippen molar-refractivity contribution in [3.05, 3.63) is 63.7 Å². The third-order valence-corrected chi connectivity index (χ3v) is 7.07. The standard InChI is InChI=1S/C26H31F3N4O4/c1-18-15-24(33(35)36)22(26(27,28)29)16-23(18)30-19-7-9-21(10-8-19)37-17-25(34)32-13-11-31(12-14-32)20-5-3-2-4-6-20/h2-6,15-16,19,21,30H,7-14,17H2,1H3/t19-,21-. The molecule has 0 spiro atoms. The molecule has 1 saturated heterocycles. The van der Waals surface area contributed by atoms with E-state index < -0.39 is 22.4 Å². The summed E-state index contributed by atoms with van der Waals surface area (Å²) in [5, 5.41) is 14.2. The molecule has 1 aliphatic heterocycles. The van der Waals surface area contributed by atoms with Gasteiger partial charge in [-0.15, -0.1) is 0 Å². The Morgan fingerprint density at radius 1 is 1.08 bits per heavy atom. The summed E-state index contributed by atoms with van der Waals surface area (Å²) >= 11 is 0. The topological polar surface area (TPSA) is 87.9 Å². The Morgan fingerprint density at radius 3 is 2.32 bits per heavy atom. The maximum atomic E-state index is 13.3. The van der Waals surface area contributed by atoms with Crippen molar-refractivity contribution < 1.29 is 27.6 Å². The van der Waals surface area contributed by atoms with Crippen LogP contribution in [0.3, 0.4) is 0 Å². The highest BCUT2D eigenvalue weighted by molar-refractivity contribution is 5.77. The number of nitrogens with zero attached hydrogens (tertiary/aromatic N) is 3. The number of nitrogens with one attached hydrogen (secondary N) is 1. The van der Waals surface area contributed by atoms with Crippen LogP contribution in [0, 0.1) is 17.0 Å². The predicted octanol–water partition coefficient (Wildman–Crippen LogP) is 5.01. The van der Waals surface area contributed by atoms with Crippen LogP contribution in [0.2, 0.25) is 0 Å². The molecule has 4 rings (SSSR count). The molecule has 0 bridgehead atoms. The van der Waals surface area contributed by atoms with Crippen molar-refractivity contribution in [2.45, 2.75) is 50.9 Å². The van der Waals surface area contributed by atoms with E-state index in [-0.39, 0.29) is 30.3 Å². The third-order valence-electron chi connectivity index (χ3n) is 7.07. The zero-order chi connectivity index (χ0) is 26.6. The van der Waals surface area contributed by atoms with Crippen LogP contribution in [0.5, 0.6) is 0 Å². The maximum absolute atomic E-state index is 13.3. The smallest absolute Gasteiger partial charge is 0.382 e. The summed E-state index contributed by atoms with van der Waals surface area (Å²) in [4.78, 5) is 26.8. The van der Waals surface area contributed by atoms with Crippen LogP contribution < -0.4 is 10.2 Å². The third kappa shape index (κ3) is 6.71. The molecule has 2 fully saturated rings. The molecule has 1 N–H and O–H groups in total. The van der Waals surface area contributed by atoms with Crippen LogP contribution >= 0.6 is 0 Å². The summed E-state index contributed by atoms with van der Waals surface area (Å²) < 4.78 is 45.9. The minimum atomic E-state index is -4.82. The number of hydrogen-bond acceptors (Lipinski definition) is 6. The summed E-state index contributed by atoms with van der Waals surface area (Å²) in [5.41, 5.74) is -0.428. The van der Waals surface area contributed by atoms with Crippen molar-refractivity contribution in [2.75, 3.05) is 43.0 Å². The van der Waals surface area contributed by atoms with Gasteiger partial charge in [0.25, 0.3) is 5.69 Å². The molecule has 1 amide bonds. The summed E-state index contributed by atoms with van der Waals surface area (Å²) in [5.74, 6) is -0.0332. The van der Waals surface area contributed by atoms with E-state index in [0.29, 0.717) is 44.3 Å². The van der Waals surface area contributed by atoms with Crippen LogP contribution in [0.15, 0.2) is 42.5 Å². The van der Waals surface area contributed by atoms with E-state index in [4.69, 9.17) is 4.74 Å². The normalized spacial score (nSPS) is 20.5. The highest BCUT2D eigenvalue weighted by atomic mass is 19.4. The second-order valence-electron chi connectivity index (χ2n) is 9.57. The van der Waals surface area contributed by atoms with Crippen molar-refractivity contribution in [1.29, 1.82) is 0 Å². The number of piperazine rings is 1. The molecule has 2 aromatic carbocycles. The van der Waals surface area contributed by atoms with Gasteiger partial charge in [-0.3, -0.25) is 14.9 Å². The van der Waals surface area contributed by atoms with E-state index in [1.54, 1.807) is 6.92 Å². The summed E-state index contributed by atoms with van der Waals surface area (Å²) in [6.45, 7) is 4.39. The van der Waals surface area contributed by atoms with E-state index in [9.17, 15) is 28.1 Å². The van der Waals surface area contributed by atoms with Crippen molar-refractivity contribution in [2.24, 2.45) is 0 Å². The molecule has 0 atom stereocenters. The van der Waals surface area contributed by atoms with Gasteiger partial charge in [0, 0.05) is 49.7 Å². The Labute approximate surface area is 213 Å². The number of anilines is 2. The lowest BCUT2D eigenvalue weighted by Crippen LogP contribution is -2.50. The van der Waals surface area contributed by atoms with Crippen LogP contribution in [0.4, 0.5) is 30.2 Å². The fraction of sp³-hybridized carbons (Fsp3) is 0.500. The molecule has 1 aliphatic carbocycles. The molecule has 0 radical (unpaired) electrons. The number of amides is 1. The zero-order valence-electron chi connectivity index (χ0n) is 20.7. The number of benzene rings is 2. The number of hydrogen-bond donors (Lipinski definition) is 1. The molecule has 0 aromatic heterocycles. The van der Waals surface area contributed by atoms with E-state index in [2.05, 4.69) is 22.3 Å². The van der Waals surface area contributed by atoms with E-state index in [1.807, 2.05) is 23.1 Å².